The molecule has 8 nitrogen and oxygen atoms in total. The fraction of sp³-hybridized carbons (Fsp3) is 0.100. The van der Waals surface area contributed by atoms with E-state index in [2.05, 4.69) is 10.3 Å². The summed E-state index contributed by atoms with van der Waals surface area (Å²) < 4.78 is 31.7. The van der Waals surface area contributed by atoms with Crippen LogP contribution in [0.15, 0.2) is 60.8 Å². The topological polar surface area (TPSA) is 120 Å². The van der Waals surface area contributed by atoms with Crippen LogP contribution in [-0.2, 0) is 11.2 Å². The Kier molecular flexibility index (Phi) is 6.28. The van der Waals surface area contributed by atoms with Crippen LogP contribution in [-0.4, -0.2) is 21.9 Å². The van der Waals surface area contributed by atoms with E-state index in [1.165, 1.54) is 18.2 Å². The highest BCUT2D eigenvalue weighted by molar-refractivity contribution is 5.94. The number of nitrogens with zero attached hydrogens (tertiary/aromatic N) is 2. The van der Waals surface area contributed by atoms with E-state index in [4.69, 9.17) is 10.5 Å². The van der Waals surface area contributed by atoms with Gasteiger partial charge in [0, 0.05) is 23.9 Å². The van der Waals surface area contributed by atoms with Gasteiger partial charge in [0.15, 0.2) is 11.6 Å². The summed E-state index contributed by atoms with van der Waals surface area (Å²) >= 11 is 0. The number of halogens is 2. The van der Waals surface area contributed by atoms with Gasteiger partial charge in [-0.3, -0.25) is 14.9 Å². The number of carbonyl (C=O) groups is 1. The molecule has 154 valence electrons. The van der Waals surface area contributed by atoms with Gasteiger partial charge in [0.2, 0.25) is 11.8 Å². The van der Waals surface area contributed by atoms with Crippen molar-refractivity contribution < 1.29 is 23.2 Å². The predicted octanol–water partition coefficient (Wildman–Crippen LogP) is 3.57. The molecule has 1 amide bonds. The van der Waals surface area contributed by atoms with Gasteiger partial charge in [-0.15, -0.1) is 0 Å². The second-order valence-electron chi connectivity index (χ2n) is 6.29. The fourth-order valence-electron chi connectivity index (χ4n) is 2.51. The van der Waals surface area contributed by atoms with Crippen LogP contribution in [0, 0.1) is 21.7 Å². The minimum absolute atomic E-state index is 0.105. The maximum atomic E-state index is 13.2. The lowest BCUT2D eigenvalue weighted by Crippen LogP contribution is -2.37. The largest absolute Gasteiger partial charge is 0.439 e. The molecule has 1 atom stereocenters. The van der Waals surface area contributed by atoms with Crippen LogP contribution in [0.3, 0.4) is 0 Å². The first-order chi connectivity index (χ1) is 14.3. The zero-order valence-corrected chi connectivity index (χ0v) is 15.4. The van der Waals surface area contributed by atoms with Crippen molar-refractivity contribution in [3.05, 3.63) is 88.1 Å². The molecule has 2 aromatic carbocycles. The number of hydrogen-bond acceptors (Lipinski definition) is 6. The van der Waals surface area contributed by atoms with Crippen molar-refractivity contribution in [2.24, 2.45) is 5.73 Å². The smallest absolute Gasteiger partial charge is 0.287 e. The average molecular weight is 414 g/mol. The molecule has 3 aromatic rings. The van der Waals surface area contributed by atoms with E-state index in [1.54, 1.807) is 24.3 Å². The minimum atomic E-state index is -1.07. The van der Waals surface area contributed by atoms with Crippen LogP contribution in [0.4, 0.5) is 20.2 Å². The number of amides is 1. The van der Waals surface area contributed by atoms with Crippen LogP contribution in [0.25, 0.3) is 0 Å². The molecular weight excluding hydrogens is 398 g/mol. The summed E-state index contributed by atoms with van der Waals surface area (Å²) in [5.41, 5.74) is 6.59. The second-order valence-corrected chi connectivity index (χ2v) is 6.29. The van der Waals surface area contributed by atoms with Crippen molar-refractivity contribution in [2.75, 3.05) is 5.32 Å². The number of nitrogens with one attached hydrogen (secondary N) is 1. The summed E-state index contributed by atoms with van der Waals surface area (Å²) in [6.07, 6.45) is 1.29. The summed E-state index contributed by atoms with van der Waals surface area (Å²) in [7, 11) is 0. The number of hydrogen-bond donors (Lipinski definition) is 2. The highest BCUT2D eigenvalue weighted by Gasteiger charge is 2.15. The summed E-state index contributed by atoms with van der Waals surface area (Å²) in [5, 5.41) is 13.1. The zero-order valence-electron chi connectivity index (χ0n) is 15.4. The van der Waals surface area contributed by atoms with Crippen molar-refractivity contribution in [1.29, 1.82) is 0 Å². The van der Waals surface area contributed by atoms with Crippen molar-refractivity contribution in [3.63, 3.8) is 0 Å². The fourth-order valence-corrected chi connectivity index (χ4v) is 2.51. The van der Waals surface area contributed by atoms with Gasteiger partial charge in [0.1, 0.15) is 11.9 Å². The normalized spacial score (nSPS) is 11.6. The Morgan fingerprint density at radius 3 is 2.47 bits per heavy atom. The highest BCUT2D eigenvalue weighted by atomic mass is 19.2. The molecule has 0 bridgehead atoms. The van der Waals surface area contributed by atoms with Crippen molar-refractivity contribution in [2.45, 2.75) is 12.5 Å². The van der Waals surface area contributed by atoms with Gasteiger partial charge in [-0.1, -0.05) is 12.1 Å². The summed E-state index contributed by atoms with van der Waals surface area (Å²) in [5.74, 6) is -1.99. The number of anilines is 1. The van der Waals surface area contributed by atoms with E-state index >= 15 is 0 Å². The Hall–Kier alpha value is -3.92. The molecule has 0 saturated heterocycles. The molecule has 0 unspecified atom stereocenters. The first-order valence-corrected chi connectivity index (χ1v) is 8.70. The van der Waals surface area contributed by atoms with E-state index in [-0.39, 0.29) is 23.7 Å². The lowest BCUT2D eigenvalue weighted by Gasteiger charge is -2.13. The molecule has 0 aliphatic carbocycles. The van der Waals surface area contributed by atoms with Gasteiger partial charge >= 0.3 is 0 Å². The van der Waals surface area contributed by atoms with Crippen molar-refractivity contribution in [3.8, 4) is 11.6 Å². The van der Waals surface area contributed by atoms with Gasteiger partial charge in [0.25, 0.3) is 5.69 Å². The number of nitrogens with two attached hydrogens (primary N) is 1. The lowest BCUT2D eigenvalue weighted by molar-refractivity contribution is -0.385. The van der Waals surface area contributed by atoms with Crippen LogP contribution in [0.5, 0.6) is 11.6 Å². The van der Waals surface area contributed by atoms with Gasteiger partial charge in [-0.05, 0) is 36.2 Å². The molecule has 0 fully saturated rings. The minimum Gasteiger partial charge on any atom is -0.439 e. The third-order valence-electron chi connectivity index (χ3n) is 4.06. The van der Waals surface area contributed by atoms with Gasteiger partial charge in [-0.25, -0.2) is 13.8 Å². The third-order valence-corrected chi connectivity index (χ3v) is 4.06. The highest BCUT2D eigenvalue weighted by Crippen LogP contribution is 2.22. The monoisotopic (exact) mass is 414 g/mol. The van der Waals surface area contributed by atoms with Crippen LogP contribution in [0.2, 0.25) is 0 Å². The van der Waals surface area contributed by atoms with E-state index < -0.39 is 28.5 Å². The molecule has 30 heavy (non-hydrogen) atoms. The quantitative estimate of drug-likeness (QED) is 0.450. The molecule has 0 spiro atoms. The van der Waals surface area contributed by atoms with Crippen LogP contribution < -0.4 is 15.8 Å². The van der Waals surface area contributed by atoms with E-state index in [9.17, 15) is 23.7 Å². The number of carbonyl (C=O) groups excluding carboxylic acids is 1. The number of aromatic nitrogens is 1. The van der Waals surface area contributed by atoms with E-state index in [0.717, 1.165) is 23.9 Å². The number of pyridine rings is 1. The number of rotatable bonds is 7. The number of nitro groups is 1. The Balaban J connectivity index is 1.56. The van der Waals surface area contributed by atoms with E-state index in [1.807, 2.05) is 0 Å². The molecule has 3 rings (SSSR count). The maximum absolute atomic E-state index is 13.2. The molecule has 10 heteroatoms. The van der Waals surface area contributed by atoms with Gasteiger partial charge < -0.3 is 15.8 Å². The first kappa shape index (κ1) is 20.8. The average Bonchev–Trinajstić information content (AvgIpc) is 2.72. The summed E-state index contributed by atoms with van der Waals surface area (Å²) in [4.78, 5) is 26.1. The number of benzene rings is 2. The molecule has 0 radical (unpaired) electrons. The third kappa shape index (κ3) is 5.32. The molecular formula is C20H16F2N4O4. The Morgan fingerprint density at radius 2 is 1.87 bits per heavy atom. The van der Waals surface area contributed by atoms with E-state index in [0.29, 0.717) is 5.75 Å². The standard InChI is InChI=1S/C20H16F2N4O4/c21-16-7-3-13(10-17(16)22)25-20(27)18(23)9-12-1-5-15(6-2-12)30-19-8-4-14(11-24-19)26(28)29/h1-8,10-11,18H,9,23H2,(H,25,27)/t18-/m0/s1. The molecule has 1 aromatic heterocycles. The number of ether oxygens (including phenoxy) is 1. The molecule has 0 saturated carbocycles. The van der Waals surface area contributed by atoms with Gasteiger partial charge in [0.05, 0.1) is 11.0 Å². The Labute approximate surface area is 169 Å². The van der Waals surface area contributed by atoms with Crippen molar-refractivity contribution in [1.82, 2.24) is 4.98 Å². The van der Waals surface area contributed by atoms with Crippen LogP contribution in [0.1, 0.15) is 5.56 Å². The second kappa shape index (κ2) is 9.05. The first-order valence-electron chi connectivity index (χ1n) is 8.70. The van der Waals surface area contributed by atoms with Crippen molar-refractivity contribution >= 4 is 17.3 Å². The predicted molar refractivity (Wildman–Crippen MR) is 104 cm³/mol. The van der Waals surface area contributed by atoms with Gasteiger partial charge in [-0.2, -0.15) is 0 Å². The summed E-state index contributed by atoms with van der Waals surface area (Å²) in [6, 6.07) is 11.4. The Bertz CT molecular complexity index is 1060. The SMILES string of the molecule is N[C@@H](Cc1ccc(Oc2ccc([N+](=O)[O-])cn2)cc1)C(=O)Nc1ccc(F)c(F)c1. The Morgan fingerprint density at radius 1 is 1.13 bits per heavy atom. The molecule has 3 N–H and O–H groups in total. The zero-order chi connectivity index (χ0) is 21.7. The van der Waals surface area contributed by atoms with Crippen LogP contribution >= 0.6 is 0 Å². The maximum Gasteiger partial charge on any atom is 0.287 e. The lowest BCUT2D eigenvalue weighted by atomic mass is 10.1. The summed E-state index contributed by atoms with van der Waals surface area (Å²) in [6.45, 7) is 0. The molecule has 1 heterocycles. The molecule has 0 aliphatic heterocycles. The molecule has 0 aliphatic rings.